The summed E-state index contributed by atoms with van der Waals surface area (Å²) in [6, 6.07) is 6.39. The molecule has 2 fully saturated rings. The van der Waals surface area contributed by atoms with Gasteiger partial charge in [-0.15, -0.1) is 0 Å². The van der Waals surface area contributed by atoms with Gasteiger partial charge in [-0.25, -0.2) is 19.9 Å². The highest BCUT2D eigenvalue weighted by Crippen LogP contribution is 2.27. The van der Waals surface area contributed by atoms with Crippen molar-refractivity contribution in [2.75, 3.05) is 30.4 Å². The maximum absolute atomic E-state index is 6.19. The molecule has 8 nitrogen and oxygen atoms in total. The predicted molar refractivity (Wildman–Crippen MR) is 124 cm³/mol. The fraction of sp³-hybridized carbons (Fsp3) is 0.478. The lowest BCUT2D eigenvalue weighted by molar-refractivity contribution is -0.135. The molecule has 1 aliphatic carbocycles. The third-order valence-electron chi connectivity index (χ3n) is 6.11. The maximum atomic E-state index is 6.19. The molecule has 2 aliphatic rings. The number of ether oxygens (including phenoxy) is 2. The van der Waals surface area contributed by atoms with Gasteiger partial charge in [0.25, 0.3) is 0 Å². The molecule has 4 heterocycles. The van der Waals surface area contributed by atoms with Gasteiger partial charge in [0.2, 0.25) is 5.95 Å². The van der Waals surface area contributed by atoms with Crippen LogP contribution in [0.4, 0.5) is 11.8 Å². The first-order valence-electron chi connectivity index (χ1n) is 11.1. The summed E-state index contributed by atoms with van der Waals surface area (Å²) in [4.78, 5) is 17.6. The number of rotatable bonds is 8. The third-order valence-corrected chi connectivity index (χ3v) is 6.39. The van der Waals surface area contributed by atoms with Gasteiger partial charge in [-0.2, -0.15) is 0 Å². The average Bonchev–Trinajstić information content (AvgIpc) is 2.79. The number of halogens is 1. The highest BCUT2D eigenvalue weighted by molar-refractivity contribution is 6.33. The van der Waals surface area contributed by atoms with Gasteiger partial charge in [0.05, 0.1) is 19.8 Å². The first kappa shape index (κ1) is 21.3. The summed E-state index contributed by atoms with van der Waals surface area (Å²) in [5.74, 6) is 2.14. The van der Waals surface area contributed by atoms with E-state index < -0.39 is 0 Å². The smallest absolute Gasteiger partial charge is 0.222 e. The lowest BCUT2D eigenvalue weighted by Crippen LogP contribution is -2.35. The van der Waals surface area contributed by atoms with Crippen LogP contribution in [0.25, 0.3) is 10.9 Å². The van der Waals surface area contributed by atoms with E-state index in [1.807, 2.05) is 30.6 Å². The van der Waals surface area contributed by atoms with E-state index in [2.05, 4.69) is 30.6 Å². The van der Waals surface area contributed by atoms with Gasteiger partial charge in [0, 0.05) is 42.1 Å². The van der Waals surface area contributed by atoms with Crippen LogP contribution >= 0.6 is 11.6 Å². The van der Waals surface area contributed by atoms with Crippen LogP contribution in [-0.2, 0) is 16.1 Å². The van der Waals surface area contributed by atoms with Gasteiger partial charge < -0.3 is 20.1 Å². The zero-order valence-electron chi connectivity index (χ0n) is 17.8. The van der Waals surface area contributed by atoms with Crippen molar-refractivity contribution < 1.29 is 9.47 Å². The number of hydrogen-bond donors (Lipinski definition) is 2. The molecule has 3 aromatic heterocycles. The fourth-order valence-corrected chi connectivity index (χ4v) is 4.30. The Morgan fingerprint density at radius 3 is 2.59 bits per heavy atom. The molecule has 2 N–H and O–H groups in total. The molecule has 1 aliphatic heterocycles. The van der Waals surface area contributed by atoms with Crippen molar-refractivity contribution in [1.29, 1.82) is 0 Å². The van der Waals surface area contributed by atoms with Gasteiger partial charge in [-0.3, -0.25) is 0 Å². The quantitative estimate of drug-likeness (QED) is 0.492. The maximum Gasteiger partial charge on any atom is 0.222 e. The Balaban J connectivity index is 1.06. The number of nitrogens with zero attached hydrogens (tertiary/aromatic N) is 4. The highest BCUT2D eigenvalue weighted by atomic mass is 35.5. The van der Waals surface area contributed by atoms with Gasteiger partial charge in [-0.1, -0.05) is 11.6 Å². The van der Waals surface area contributed by atoms with Crippen LogP contribution in [0.15, 0.2) is 36.8 Å². The molecule has 0 spiro atoms. The van der Waals surface area contributed by atoms with Crippen LogP contribution in [0.1, 0.15) is 31.2 Å². The molecule has 0 aromatic carbocycles. The molecule has 0 bridgehead atoms. The normalized spacial score (nSPS) is 21.3. The summed E-state index contributed by atoms with van der Waals surface area (Å²) in [6.45, 7) is 2.78. The topological polar surface area (TPSA) is 94.1 Å². The van der Waals surface area contributed by atoms with E-state index in [0.717, 1.165) is 54.5 Å². The molecule has 9 heteroatoms. The minimum Gasteiger partial charge on any atom is -0.376 e. The van der Waals surface area contributed by atoms with Gasteiger partial charge in [0.1, 0.15) is 17.4 Å². The summed E-state index contributed by atoms with van der Waals surface area (Å²) in [5, 5.41) is 8.39. The standard InChI is InChI=1S/C23H27ClN6O2/c24-22-21-17(7-8-25-22)3-6-20(30-21)29-18-4-1-15(2-5-18)9-26-23-27-10-16(11-28-23)12-32-19-13-31-14-19/h3,6-8,10-11,15,18-19H,1-2,4-5,9,12-14H2,(H,29,30)(H,26,27,28)/t15-,18-. The van der Waals surface area contributed by atoms with Gasteiger partial charge >= 0.3 is 0 Å². The van der Waals surface area contributed by atoms with Crippen molar-refractivity contribution in [2.24, 2.45) is 5.92 Å². The van der Waals surface area contributed by atoms with Crippen LogP contribution in [0.3, 0.4) is 0 Å². The Labute approximate surface area is 192 Å². The summed E-state index contributed by atoms with van der Waals surface area (Å²) < 4.78 is 10.8. The summed E-state index contributed by atoms with van der Waals surface area (Å²) in [5.41, 5.74) is 1.72. The monoisotopic (exact) mass is 454 g/mol. The van der Waals surface area contributed by atoms with Crippen molar-refractivity contribution in [3.8, 4) is 0 Å². The second-order valence-corrected chi connectivity index (χ2v) is 8.86. The number of fused-ring (bicyclic) bond motifs is 1. The Morgan fingerprint density at radius 1 is 1.03 bits per heavy atom. The third kappa shape index (κ3) is 5.26. The van der Waals surface area contributed by atoms with E-state index in [9.17, 15) is 0 Å². The lowest BCUT2D eigenvalue weighted by atomic mass is 9.86. The summed E-state index contributed by atoms with van der Waals surface area (Å²) in [6.07, 6.45) is 10.1. The second-order valence-electron chi connectivity index (χ2n) is 8.50. The first-order valence-corrected chi connectivity index (χ1v) is 11.5. The number of nitrogens with one attached hydrogen (secondary N) is 2. The molecule has 0 atom stereocenters. The molecule has 0 amide bonds. The minimum absolute atomic E-state index is 0.212. The molecule has 1 saturated heterocycles. The van der Waals surface area contributed by atoms with E-state index >= 15 is 0 Å². The van der Waals surface area contributed by atoms with Crippen LogP contribution in [0.5, 0.6) is 0 Å². The van der Waals surface area contributed by atoms with E-state index in [4.69, 9.17) is 21.1 Å². The van der Waals surface area contributed by atoms with Crippen LogP contribution in [0.2, 0.25) is 5.15 Å². The van der Waals surface area contributed by atoms with E-state index in [0.29, 0.717) is 42.9 Å². The SMILES string of the molecule is Clc1nccc2ccc(N[C@H]3CC[C@H](CNc4ncc(COC5COC5)cn4)CC3)nc12. The molecule has 3 aromatic rings. The van der Waals surface area contributed by atoms with Gasteiger partial charge in [0.15, 0.2) is 5.15 Å². The molecule has 0 unspecified atom stereocenters. The first-order chi connectivity index (χ1) is 15.7. The van der Waals surface area contributed by atoms with Crippen LogP contribution in [-0.4, -0.2) is 51.8 Å². The largest absolute Gasteiger partial charge is 0.376 e. The highest BCUT2D eigenvalue weighted by Gasteiger charge is 2.22. The fourth-order valence-electron chi connectivity index (χ4n) is 4.09. The number of hydrogen-bond acceptors (Lipinski definition) is 8. The molecular formula is C23H27ClN6O2. The molecule has 168 valence electrons. The van der Waals surface area contributed by atoms with E-state index in [-0.39, 0.29) is 6.10 Å². The minimum atomic E-state index is 0.212. The molecule has 1 saturated carbocycles. The zero-order chi connectivity index (χ0) is 21.8. The molecule has 0 radical (unpaired) electrons. The Kier molecular flexibility index (Phi) is 6.61. The number of pyridine rings is 2. The molecular weight excluding hydrogens is 428 g/mol. The average molecular weight is 455 g/mol. The van der Waals surface area contributed by atoms with E-state index in [1.165, 1.54) is 0 Å². The van der Waals surface area contributed by atoms with E-state index in [1.54, 1.807) is 6.20 Å². The molecule has 5 rings (SSSR count). The van der Waals surface area contributed by atoms with Crippen molar-refractivity contribution >= 4 is 34.3 Å². The number of aromatic nitrogens is 4. The van der Waals surface area contributed by atoms with Crippen molar-refractivity contribution in [1.82, 2.24) is 19.9 Å². The van der Waals surface area contributed by atoms with Crippen LogP contribution in [0, 0.1) is 5.92 Å². The van der Waals surface area contributed by atoms with Crippen molar-refractivity contribution in [2.45, 2.75) is 44.4 Å². The second kappa shape index (κ2) is 9.94. The zero-order valence-corrected chi connectivity index (χ0v) is 18.6. The van der Waals surface area contributed by atoms with Crippen molar-refractivity contribution in [3.63, 3.8) is 0 Å². The predicted octanol–water partition coefficient (Wildman–Crippen LogP) is 4.07. The van der Waals surface area contributed by atoms with Crippen molar-refractivity contribution in [3.05, 3.63) is 47.5 Å². The Bertz CT molecular complexity index is 1040. The van der Waals surface area contributed by atoms with Gasteiger partial charge in [-0.05, 0) is 49.8 Å². The lowest BCUT2D eigenvalue weighted by Gasteiger charge is -2.29. The Hall–Kier alpha value is -2.55. The Morgan fingerprint density at radius 2 is 1.84 bits per heavy atom. The van der Waals surface area contributed by atoms with Crippen LogP contribution < -0.4 is 10.6 Å². The summed E-state index contributed by atoms with van der Waals surface area (Å²) >= 11 is 6.19. The molecule has 32 heavy (non-hydrogen) atoms. The number of anilines is 2. The summed E-state index contributed by atoms with van der Waals surface area (Å²) in [7, 11) is 0.